The Morgan fingerprint density at radius 2 is 2.08 bits per heavy atom. The number of hydrogen-bond acceptors (Lipinski definition) is 4. The highest BCUT2D eigenvalue weighted by Crippen LogP contribution is 2.22. The lowest BCUT2D eigenvalue weighted by Crippen LogP contribution is -2.39. The van der Waals surface area contributed by atoms with Gasteiger partial charge in [-0.2, -0.15) is 0 Å². The zero-order valence-electron chi connectivity index (χ0n) is 16.4. The van der Waals surface area contributed by atoms with Gasteiger partial charge < -0.3 is 19.8 Å². The number of benzene rings is 1. The van der Waals surface area contributed by atoms with Crippen molar-refractivity contribution < 1.29 is 9.15 Å². The molecule has 6 nitrogen and oxygen atoms in total. The molecule has 0 bridgehead atoms. The number of hydrogen-bond donors (Lipinski definition) is 2. The average molecular weight is 358 g/mol. The van der Waals surface area contributed by atoms with Crippen LogP contribution >= 0.6 is 0 Å². The molecule has 0 radical (unpaired) electrons. The van der Waals surface area contributed by atoms with Crippen LogP contribution in [0.15, 0.2) is 39.9 Å². The molecule has 1 aromatic heterocycles. The van der Waals surface area contributed by atoms with Crippen molar-refractivity contribution in [2.45, 2.75) is 46.6 Å². The SMILES string of the molecule is CCNC(=NCc1ncc(C(C)(C)C)o1)NCCOc1cccc(C)c1. The van der Waals surface area contributed by atoms with Gasteiger partial charge in [-0.25, -0.2) is 9.98 Å². The third kappa shape index (κ3) is 6.43. The minimum absolute atomic E-state index is 0.0507. The zero-order chi connectivity index (χ0) is 19.0. The minimum atomic E-state index is -0.0507. The second-order valence-electron chi connectivity index (χ2n) is 7.16. The molecule has 0 spiro atoms. The molecule has 0 saturated heterocycles. The summed E-state index contributed by atoms with van der Waals surface area (Å²) in [6.45, 7) is 12.8. The number of aromatic nitrogens is 1. The van der Waals surface area contributed by atoms with Gasteiger partial charge in [0.2, 0.25) is 5.89 Å². The van der Waals surface area contributed by atoms with Gasteiger partial charge in [0.1, 0.15) is 24.7 Å². The van der Waals surface area contributed by atoms with Gasteiger partial charge in [0.15, 0.2) is 5.96 Å². The topological polar surface area (TPSA) is 71.7 Å². The van der Waals surface area contributed by atoms with Crippen LogP contribution in [0.4, 0.5) is 0 Å². The van der Waals surface area contributed by atoms with Gasteiger partial charge in [-0.05, 0) is 31.5 Å². The van der Waals surface area contributed by atoms with E-state index < -0.39 is 0 Å². The number of nitrogens with one attached hydrogen (secondary N) is 2. The van der Waals surface area contributed by atoms with Gasteiger partial charge in [0.05, 0.1) is 12.7 Å². The molecule has 26 heavy (non-hydrogen) atoms. The molecule has 0 fully saturated rings. The van der Waals surface area contributed by atoms with E-state index in [2.05, 4.69) is 54.4 Å². The number of aliphatic imine (C=N–C) groups is 1. The maximum absolute atomic E-state index is 5.77. The number of ether oxygens (including phenoxy) is 1. The molecule has 0 saturated carbocycles. The largest absolute Gasteiger partial charge is 0.492 e. The Balaban J connectivity index is 1.83. The van der Waals surface area contributed by atoms with Crippen LogP contribution in [0, 0.1) is 6.92 Å². The van der Waals surface area contributed by atoms with Crippen LogP contribution in [0.5, 0.6) is 5.75 Å². The molecule has 1 aromatic carbocycles. The molecule has 0 atom stereocenters. The summed E-state index contributed by atoms with van der Waals surface area (Å²) in [5, 5.41) is 6.47. The van der Waals surface area contributed by atoms with Crippen LogP contribution in [0.1, 0.15) is 44.9 Å². The van der Waals surface area contributed by atoms with E-state index in [4.69, 9.17) is 9.15 Å². The van der Waals surface area contributed by atoms with Crippen LogP contribution < -0.4 is 15.4 Å². The summed E-state index contributed by atoms with van der Waals surface area (Å²) in [5.41, 5.74) is 1.14. The summed E-state index contributed by atoms with van der Waals surface area (Å²) in [6, 6.07) is 8.02. The highest BCUT2D eigenvalue weighted by Gasteiger charge is 2.18. The average Bonchev–Trinajstić information content (AvgIpc) is 3.06. The van der Waals surface area contributed by atoms with E-state index in [1.165, 1.54) is 5.56 Å². The molecule has 0 aliphatic carbocycles. The lowest BCUT2D eigenvalue weighted by Gasteiger charge is -2.13. The fourth-order valence-corrected chi connectivity index (χ4v) is 2.26. The van der Waals surface area contributed by atoms with Gasteiger partial charge in [0.25, 0.3) is 0 Å². The molecule has 2 rings (SSSR count). The second kappa shape index (κ2) is 9.27. The molecule has 0 aliphatic heterocycles. The fourth-order valence-electron chi connectivity index (χ4n) is 2.26. The first kappa shape index (κ1) is 19.8. The molecule has 2 aromatic rings. The summed E-state index contributed by atoms with van der Waals surface area (Å²) >= 11 is 0. The number of rotatable bonds is 7. The van der Waals surface area contributed by atoms with Crippen molar-refractivity contribution in [1.82, 2.24) is 15.6 Å². The molecular weight excluding hydrogens is 328 g/mol. The molecule has 0 unspecified atom stereocenters. The van der Waals surface area contributed by atoms with Crippen LogP contribution in [-0.4, -0.2) is 30.6 Å². The van der Waals surface area contributed by atoms with Crippen LogP contribution in [-0.2, 0) is 12.0 Å². The van der Waals surface area contributed by atoms with E-state index in [0.29, 0.717) is 25.6 Å². The summed E-state index contributed by atoms with van der Waals surface area (Å²) in [4.78, 5) is 8.83. The van der Waals surface area contributed by atoms with Crippen molar-refractivity contribution in [2.24, 2.45) is 4.99 Å². The summed E-state index contributed by atoms with van der Waals surface area (Å²) in [6.07, 6.45) is 1.78. The van der Waals surface area contributed by atoms with E-state index in [1.807, 2.05) is 25.1 Å². The summed E-state index contributed by atoms with van der Waals surface area (Å²) in [5.74, 6) is 3.08. The lowest BCUT2D eigenvalue weighted by molar-refractivity contribution is 0.321. The van der Waals surface area contributed by atoms with Crippen molar-refractivity contribution in [3.05, 3.63) is 47.7 Å². The standard InChI is InChI=1S/C20H30N4O2/c1-6-21-19(22-10-11-25-16-9-7-8-15(2)12-16)24-14-18-23-13-17(26-18)20(3,4)5/h7-9,12-13H,6,10-11,14H2,1-5H3,(H2,21,22,24). The van der Waals surface area contributed by atoms with Crippen LogP contribution in [0.25, 0.3) is 0 Å². The first-order valence-electron chi connectivity index (χ1n) is 9.05. The van der Waals surface area contributed by atoms with Gasteiger partial charge in [-0.1, -0.05) is 32.9 Å². The fraction of sp³-hybridized carbons (Fsp3) is 0.500. The van der Waals surface area contributed by atoms with Gasteiger partial charge >= 0.3 is 0 Å². The predicted molar refractivity (Wildman–Crippen MR) is 105 cm³/mol. The maximum atomic E-state index is 5.77. The summed E-state index contributed by atoms with van der Waals surface area (Å²) < 4.78 is 11.5. The highest BCUT2D eigenvalue weighted by atomic mass is 16.5. The molecule has 6 heteroatoms. The van der Waals surface area contributed by atoms with Crippen LogP contribution in [0.2, 0.25) is 0 Å². The smallest absolute Gasteiger partial charge is 0.216 e. The first-order chi connectivity index (χ1) is 12.4. The quantitative estimate of drug-likeness (QED) is 0.451. The van der Waals surface area contributed by atoms with E-state index in [1.54, 1.807) is 6.20 Å². The number of oxazole rings is 1. The Labute approximate surface area is 156 Å². The maximum Gasteiger partial charge on any atom is 0.216 e. The van der Waals surface area contributed by atoms with E-state index in [-0.39, 0.29) is 5.41 Å². The summed E-state index contributed by atoms with van der Waals surface area (Å²) in [7, 11) is 0. The Bertz CT molecular complexity index is 717. The van der Waals surface area contributed by atoms with Gasteiger partial charge in [0, 0.05) is 12.0 Å². The Kier molecular flexibility index (Phi) is 7.06. The molecule has 142 valence electrons. The van der Waals surface area contributed by atoms with Gasteiger partial charge in [-0.3, -0.25) is 0 Å². The normalized spacial score (nSPS) is 12.1. The monoisotopic (exact) mass is 358 g/mol. The Hall–Kier alpha value is -2.50. The predicted octanol–water partition coefficient (Wildman–Crippen LogP) is 3.41. The molecule has 2 N–H and O–H groups in total. The first-order valence-corrected chi connectivity index (χ1v) is 9.05. The molecule has 1 heterocycles. The van der Waals surface area contributed by atoms with E-state index in [0.717, 1.165) is 24.0 Å². The molecular formula is C20H30N4O2. The third-order valence-electron chi connectivity index (χ3n) is 3.66. The Morgan fingerprint density at radius 1 is 1.27 bits per heavy atom. The van der Waals surface area contributed by atoms with Crippen molar-refractivity contribution in [3.63, 3.8) is 0 Å². The number of nitrogens with zero attached hydrogens (tertiary/aromatic N) is 2. The van der Waals surface area contributed by atoms with Crippen molar-refractivity contribution in [3.8, 4) is 5.75 Å². The Morgan fingerprint density at radius 3 is 2.73 bits per heavy atom. The highest BCUT2D eigenvalue weighted by molar-refractivity contribution is 5.79. The van der Waals surface area contributed by atoms with E-state index in [9.17, 15) is 0 Å². The lowest BCUT2D eigenvalue weighted by atomic mass is 9.94. The second-order valence-corrected chi connectivity index (χ2v) is 7.16. The van der Waals surface area contributed by atoms with Crippen molar-refractivity contribution >= 4 is 5.96 Å². The minimum Gasteiger partial charge on any atom is -0.492 e. The van der Waals surface area contributed by atoms with E-state index >= 15 is 0 Å². The number of aryl methyl sites for hydroxylation is 1. The van der Waals surface area contributed by atoms with Crippen molar-refractivity contribution in [2.75, 3.05) is 19.7 Å². The van der Waals surface area contributed by atoms with Crippen LogP contribution in [0.3, 0.4) is 0 Å². The van der Waals surface area contributed by atoms with Gasteiger partial charge in [-0.15, -0.1) is 0 Å². The molecule has 0 amide bonds. The zero-order valence-corrected chi connectivity index (χ0v) is 16.4. The third-order valence-corrected chi connectivity index (χ3v) is 3.66. The molecule has 0 aliphatic rings. The number of guanidine groups is 1. The van der Waals surface area contributed by atoms with Crippen molar-refractivity contribution in [1.29, 1.82) is 0 Å².